The van der Waals surface area contributed by atoms with Crippen LogP contribution in [0.4, 0.5) is 0 Å². The van der Waals surface area contributed by atoms with Gasteiger partial charge in [0.1, 0.15) is 5.69 Å². The van der Waals surface area contributed by atoms with Crippen LogP contribution < -0.4 is 5.32 Å². The van der Waals surface area contributed by atoms with Gasteiger partial charge in [-0.15, -0.1) is 5.10 Å². The van der Waals surface area contributed by atoms with Crippen LogP contribution in [0.1, 0.15) is 29.2 Å². The van der Waals surface area contributed by atoms with Crippen LogP contribution >= 0.6 is 0 Å². The van der Waals surface area contributed by atoms with E-state index in [0.717, 1.165) is 16.8 Å². The van der Waals surface area contributed by atoms with Crippen LogP contribution in [0.5, 0.6) is 0 Å². The standard InChI is InChI=1S/C23H21N5O/c29-23(25-16-20-17-28(27-26-20)21-11-13-24-14-12-21)15-22(18-7-3-1-4-8-18)19-9-5-2-6-10-19/h1-14,17,22H,15-16H2,(H,25,29). The zero-order valence-electron chi connectivity index (χ0n) is 15.8. The van der Waals surface area contributed by atoms with Crippen LogP contribution in [0, 0.1) is 0 Å². The number of hydrogen-bond acceptors (Lipinski definition) is 4. The molecule has 0 aliphatic rings. The lowest BCUT2D eigenvalue weighted by molar-refractivity contribution is -0.121. The van der Waals surface area contributed by atoms with Gasteiger partial charge in [-0.3, -0.25) is 9.78 Å². The van der Waals surface area contributed by atoms with Gasteiger partial charge in [0.15, 0.2) is 0 Å². The molecule has 0 fully saturated rings. The van der Waals surface area contributed by atoms with E-state index in [0.29, 0.717) is 18.7 Å². The lowest BCUT2D eigenvalue weighted by Gasteiger charge is -2.17. The van der Waals surface area contributed by atoms with Gasteiger partial charge in [0.05, 0.1) is 18.4 Å². The largest absolute Gasteiger partial charge is 0.350 e. The molecule has 4 aromatic rings. The zero-order chi connectivity index (χ0) is 19.9. The van der Waals surface area contributed by atoms with Gasteiger partial charge in [0.2, 0.25) is 5.91 Å². The molecule has 4 rings (SSSR count). The maximum absolute atomic E-state index is 12.7. The van der Waals surface area contributed by atoms with E-state index in [1.807, 2.05) is 54.7 Å². The van der Waals surface area contributed by atoms with Crippen molar-refractivity contribution in [2.45, 2.75) is 18.9 Å². The molecule has 1 amide bonds. The highest BCUT2D eigenvalue weighted by atomic mass is 16.1. The molecule has 29 heavy (non-hydrogen) atoms. The molecule has 2 aromatic heterocycles. The topological polar surface area (TPSA) is 72.7 Å². The molecule has 0 saturated carbocycles. The van der Waals surface area contributed by atoms with Gasteiger partial charge in [-0.25, -0.2) is 4.68 Å². The number of hydrogen-bond donors (Lipinski definition) is 1. The molecule has 0 aliphatic carbocycles. The van der Waals surface area contributed by atoms with Gasteiger partial charge < -0.3 is 5.32 Å². The fourth-order valence-corrected chi connectivity index (χ4v) is 3.25. The summed E-state index contributed by atoms with van der Waals surface area (Å²) in [6, 6.07) is 23.9. The summed E-state index contributed by atoms with van der Waals surface area (Å²) < 4.78 is 1.67. The van der Waals surface area contributed by atoms with Crippen molar-refractivity contribution in [1.29, 1.82) is 0 Å². The number of nitrogens with one attached hydrogen (secondary N) is 1. The van der Waals surface area contributed by atoms with Crippen LogP contribution in [0.25, 0.3) is 5.69 Å². The summed E-state index contributed by atoms with van der Waals surface area (Å²) >= 11 is 0. The molecule has 0 radical (unpaired) electrons. The van der Waals surface area contributed by atoms with E-state index in [1.54, 1.807) is 17.1 Å². The molecule has 2 aromatic carbocycles. The fourth-order valence-electron chi connectivity index (χ4n) is 3.25. The lowest BCUT2D eigenvalue weighted by Crippen LogP contribution is -2.25. The van der Waals surface area contributed by atoms with E-state index in [2.05, 4.69) is 44.9 Å². The highest BCUT2D eigenvalue weighted by Gasteiger charge is 2.18. The molecule has 144 valence electrons. The molecule has 6 heteroatoms. The van der Waals surface area contributed by atoms with Crippen molar-refractivity contribution in [2.24, 2.45) is 0 Å². The van der Waals surface area contributed by atoms with Crippen molar-refractivity contribution >= 4 is 5.91 Å². The highest BCUT2D eigenvalue weighted by Crippen LogP contribution is 2.27. The summed E-state index contributed by atoms with van der Waals surface area (Å²) in [4.78, 5) is 16.7. The Morgan fingerprint density at radius 3 is 2.14 bits per heavy atom. The van der Waals surface area contributed by atoms with E-state index in [-0.39, 0.29) is 11.8 Å². The van der Waals surface area contributed by atoms with Crippen molar-refractivity contribution in [1.82, 2.24) is 25.3 Å². The van der Waals surface area contributed by atoms with E-state index in [9.17, 15) is 4.79 Å². The van der Waals surface area contributed by atoms with E-state index in [1.165, 1.54) is 0 Å². The van der Waals surface area contributed by atoms with Gasteiger partial charge in [-0.2, -0.15) is 0 Å². The predicted octanol–water partition coefficient (Wildman–Crippen LogP) is 3.50. The monoisotopic (exact) mass is 383 g/mol. The lowest BCUT2D eigenvalue weighted by atomic mass is 9.88. The number of nitrogens with zero attached hydrogens (tertiary/aromatic N) is 4. The number of carbonyl (C=O) groups is 1. The Bertz CT molecular complexity index is 1010. The van der Waals surface area contributed by atoms with Gasteiger partial charge >= 0.3 is 0 Å². The van der Waals surface area contributed by atoms with Gasteiger partial charge in [-0.05, 0) is 23.3 Å². The minimum absolute atomic E-state index is 0.00454. The fraction of sp³-hybridized carbons (Fsp3) is 0.130. The second-order valence-electron chi connectivity index (χ2n) is 6.71. The first kappa shape index (κ1) is 18.6. The van der Waals surface area contributed by atoms with Gasteiger partial charge in [-0.1, -0.05) is 65.9 Å². The van der Waals surface area contributed by atoms with E-state index < -0.39 is 0 Å². The maximum Gasteiger partial charge on any atom is 0.221 e. The van der Waals surface area contributed by atoms with Gasteiger partial charge in [0, 0.05) is 24.7 Å². The molecule has 0 unspecified atom stereocenters. The van der Waals surface area contributed by atoms with Crippen LogP contribution in [0.15, 0.2) is 91.4 Å². The second-order valence-corrected chi connectivity index (χ2v) is 6.71. The Hall–Kier alpha value is -3.80. The summed E-state index contributed by atoms with van der Waals surface area (Å²) in [6.07, 6.45) is 5.57. The Morgan fingerprint density at radius 1 is 0.897 bits per heavy atom. The zero-order valence-corrected chi connectivity index (χ0v) is 15.8. The number of rotatable bonds is 7. The molecule has 1 N–H and O–H groups in total. The minimum atomic E-state index is -0.0267. The normalized spacial score (nSPS) is 10.8. The number of amides is 1. The summed E-state index contributed by atoms with van der Waals surface area (Å²) in [7, 11) is 0. The molecule has 0 saturated heterocycles. The highest BCUT2D eigenvalue weighted by molar-refractivity contribution is 5.77. The first-order valence-corrected chi connectivity index (χ1v) is 9.48. The molecule has 0 bridgehead atoms. The first-order valence-electron chi connectivity index (χ1n) is 9.48. The molecular weight excluding hydrogens is 362 g/mol. The van der Waals surface area contributed by atoms with Crippen LogP contribution in [0.2, 0.25) is 0 Å². The Morgan fingerprint density at radius 2 is 1.52 bits per heavy atom. The molecule has 0 spiro atoms. The van der Waals surface area contributed by atoms with Crippen molar-refractivity contribution < 1.29 is 4.79 Å². The average molecular weight is 383 g/mol. The maximum atomic E-state index is 12.7. The Labute approximate surface area is 169 Å². The molecular formula is C23H21N5O. The SMILES string of the molecule is O=C(CC(c1ccccc1)c1ccccc1)NCc1cn(-c2ccncc2)nn1. The summed E-state index contributed by atoms with van der Waals surface area (Å²) in [5.74, 6) is -0.0222. The quantitative estimate of drug-likeness (QED) is 0.530. The smallest absolute Gasteiger partial charge is 0.221 e. The predicted molar refractivity (Wildman–Crippen MR) is 110 cm³/mol. The number of aromatic nitrogens is 4. The van der Waals surface area contributed by atoms with E-state index in [4.69, 9.17) is 0 Å². The molecule has 0 atom stereocenters. The molecule has 0 aliphatic heterocycles. The third-order valence-electron chi connectivity index (χ3n) is 4.73. The summed E-state index contributed by atoms with van der Waals surface area (Å²) in [5.41, 5.74) is 3.82. The minimum Gasteiger partial charge on any atom is -0.350 e. The van der Waals surface area contributed by atoms with Crippen LogP contribution in [-0.2, 0) is 11.3 Å². The average Bonchev–Trinajstić information content (AvgIpc) is 3.27. The second kappa shape index (κ2) is 8.93. The Balaban J connectivity index is 1.42. The van der Waals surface area contributed by atoms with Crippen molar-refractivity contribution in [3.8, 4) is 5.69 Å². The first-order chi connectivity index (χ1) is 14.3. The molecule has 6 nitrogen and oxygen atoms in total. The number of benzene rings is 2. The number of pyridine rings is 1. The van der Waals surface area contributed by atoms with Crippen molar-refractivity contribution in [2.75, 3.05) is 0 Å². The van der Waals surface area contributed by atoms with E-state index >= 15 is 0 Å². The van der Waals surface area contributed by atoms with Crippen LogP contribution in [-0.4, -0.2) is 25.9 Å². The summed E-state index contributed by atoms with van der Waals surface area (Å²) in [6.45, 7) is 0.334. The summed E-state index contributed by atoms with van der Waals surface area (Å²) in [5, 5.41) is 11.2. The van der Waals surface area contributed by atoms with Crippen LogP contribution in [0.3, 0.4) is 0 Å². The molecule has 2 heterocycles. The van der Waals surface area contributed by atoms with Crippen molar-refractivity contribution in [3.05, 3.63) is 108 Å². The number of carbonyl (C=O) groups excluding carboxylic acids is 1. The van der Waals surface area contributed by atoms with Crippen molar-refractivity contribution in [3.63, 3.8) is 0 Å². The van der Waals surface area contributed by atoms with Gasteiger partial charge in [0.25, 0.3) is 0 Å². The third-order valence-corrected chi connectivity index (χ3v) is 4.73. The Kier molecular flexibility index (Phi) is 5.71. The third kappa shape index (κ3) is 4.73.